The topological polar surface area (TPSA) is 38.3 Å². The molecule has 0 fully saturated rings. The third-order valence-corrected chi connectivity index (χ3v) is 4.58. The maximum atomic E-state index is 13.0. The van der Waals surface area contributed by atoms with Gasteiger partial charge in [0.1, 0.15) is 5.75 Å². The Morgan fingerprint density at radius 2 is 1.37 bits per heavy atom. The quantitative estimate of drug-likeness (QED) is 0.640. The van der Waals surface area contributed by atoms with Crippen LogP contribution in [0.2, 0.25) is 0 Å². The summed E-state index contributed by atoms with van der Waals surface area (Å²) in [5, 5.41) is 3.18. The lowest BCUT2D eigenvalue weighted by Crippen LogP contribution is -2.40. The zero-order valence-electron chi connectivity index (χ0n) is 15.8. The molecule has 3 heteroatoms. The summed E-state index contributed by atoms with van der Waals surface area (Å²) < 4.78 is 6.02. The van der Waals surface area contributed by atoms with Crippen LogP contribution in [-0.4, -0.2) is 12.0 Å². The highest BCUT2D eigenvalue weighted by molar-refractivity contribution is 5.82. The van der Waals surface area contributed by atoms with E-state index in [1.165, 1.54) is 0 Å². The highest BCUT2D eigenvalue weighted by Gasteiger charge is 2.24. The molecule has 3 nitrogen and oxygen atoms in total. The number of rotatable bonds is 7. The summed E-state index contributed by atoms with van der Waals surface area (Å²) >= 11 is 0. The minimum Gasteiger partial charge on any atom is -0.480 e. The normalized spacial score (nSPS) is 11.8. The van der Waals surface area contributed by atoms with Gasteiger partial charge in [-0.15, -0.1) is 0 Å². The first-order valence-electron chi connectivity index (χ1n) is 9.31. The van der Waals surface area contributed by atoms with Gasteiger partial charge in [-0.2, -0.15) is 0 Å². The Labute approximate surface area is 161 Å². The molecule has 138 valence electrons. The molecule has 3 aromatic rings. The van der Waals surface area contributed by atoms with Crippen LogP contribution in [0.4, 0.5) is 0 Å². The molecular weight excluding hydrogens is 334 g/mol. The minimum atomic E-state index is -0.541. The summed E-state index contributed by atoms with van der Waals surface area (Å²) in [5.74, 6) is 0.633. The number of nitrogens with one attached hydrogen (secondary N) is 1. The van der Waals surface area contributed by atoms with Crippen LogP contribution in [0.15, 0.2) is 84.9 Å². The Balaban J connectivity index is 1.82. The Hall–Kier alpha value is -3.07. The van der Waals surface area contributed by atoms with E-state index in [1.807, 2.05) is 98.8 Å². The summed E-state index contributed by atoms with van der Waals surface area (Å²) in [5.41, 5.74) is 3.11. The monoisotopic (exact) mass is 359 g/mol. The lowest BCUT2D eigenvalue weighted by molar-refractivity contribution is -0.128. The van der Waals surface area contributed by atoms with E-state index in [2.05, 4.69) is 5.32 Å². The number of hydrogen-bond acceptors (Lipinski definition) is 2. The molecule has 1 amide bonds. The van der Waals surface area contributed by atoms with Gasteiger partial charge in [-0.3, -0.25) is 4.79 Å². The van der Waals surface area contributed by atoms with E-state index in [1.54, 1.807) is 0 Å². The standard InChI is InChI=1S/C24H25NO2/c1-3-21(27-22-17-11-10-12-18(22)2)24(26)25-23(19-13-6-4-7-14-19)20-15-8-5-9-16-20/h4-17,21,23H,3H2,1-2H3,(H,25,26). The van der Waals surface area contributed by atoms with Crippen molar-refractivity contribution in [3.8, 4) is 5.75 Å². The number of para-hydroxylation sites is 1. The molecule has 3 aromatic carbocycles. The maximum Gasteiger partial charge on any atom is 0.261 e. The van der Waals surface area contributed by atoms with Crippen molar-refractivity contribution in [2.24, 2.45) is 0 Å². The van der Waals surface area contributed by atoms with Crippen molar-refractivity contribution in [3.63, 3.8) is 0 Å². The molecule has 0 heterocycles. The molecule has 27 heavy (non-hydrogen) atoms. The van der Waals surface area contributed by atoms with Crippen LogP contribution in [0.3, 0.4) is 0 Å². The molecule has 0 aliphatic rings. The Morgan fingerprint density at radius 1 is 0.852 bits per heavy atom. The number of hydrogen-bond donors (Lipinski definition) is 1. The largest absolute Gasteiger partial charge is 0.480 e. The minimum absolute atomic E-state index is 0.113. The highest BCUT2D eigenvalue weighted by Crippen LogP contribution is 2.23. The van der Waals surface area contributed by atoms with Crippen molar-refractivity contribution in [1.29, 1.82) is 0 Å². The first-order valence-corrected chi connectivity index (χ1v) is 9.31. The lowest BCUT2D eigenvalue weighted by atomic mass is 9.98. The van der Waals surface area contributed by atoms with Gasteiger partial charge >= 0.3 is 0 Å². The van der Waals surface area contributed by atoms with Gasteiger partial charge in [0.05, 0.1) is 6.04 Å². The van der Waals surface area contributed by atoms with Crippen molar-refractivity contribution < 1.29 is 9.53 Å². The molecule has 0 radical (unpaired) electrons. The fraction of sp³-hybridized carbons (Fsp3) is 0.208. The van der Waals surface area contributed by atoms with Crippen LogP contribution in [0.5, 0.6) is 5.75 Å². The molecule has 0 spiro atoms. The van der Waals surface area contributed by atoms with Crippen LogP contribution >= 0.6 is 0 Å². The van der Waals surface area contributed by atoms with Crippen molar-refractivity contribution in [1.82, 2.24) is 5.32 Å². The van der Waals surface area contributed by atoms with Crippen molar-refractivity contribution in [3.05, 3.63) is 102 Å². The summed E-state index contributed by atoms with van der Waals surface area (Å²) in [4.78, 5) is 13.0. The van der Waals surface area contributed by atoms with Crippen LogP contribution in [0, 0.1) is 6.92 Å². The number of benzene rings is 3. The number of carbonyl (C=O) groups is 1. The molecule has 0 aliphatic carbocycles. The summed E-state index contributed by atoms with van der Waals surface area (Å²) in [7, 11) is 0. The fourth-order valence-electron chi connectivity index (χ4n) is 3.05. The predicted molar refractivity (Wildman–Crippen MR) is 109 cm³/mol. The molecule has 1 atom stereocenters. The summed E-state index contributed by atoms with van der Waals surface area (Å²) in [6.45, 7) is 3.94. The third-order valence-electron chi connectivity index (χ3n) is 4.58. The van der Waals surface area contributed by atoms with Gasteiger partial charge in [0.15, 0.2) is 6.10 Å². The van der Waals surface area contributed by atoms with Gasteiger partial charge < -0.3 is 10.1 Å². The average molecular weight is 359 g/mol. The first kappa shape index (κ1) is 18.7. The Bertz CT molecular complexity index is 822. The zero-order chi connectivity index (χ0) is 19.1. The van der Waals surface area contributed by atoms with Gasteiger partial charge in [-0.05, 0) is 36.1 Å². The smallest absolute Gasteiger partial charge is 0.261 e. The average Bonchev–Trinajstić information content (AvgIpc) is 2.72. The second kappa shape index (κ2) is 9.04. The van der Waals surface area contributed by atoms with E-state index in [4.69, 9.17) is 4.74 Å². The Morgan fingerprint density at radius 3 is 1.89 bits per heavy atom. The van der Waals surface area contributed by atoms with Crippen LogP contribution in [0.1, 0.15) is 36.1 Å². The third kappa shape index (κ3) is 4.76. The van der Waals surface area contributed by atoms with Gasteiger partial charge in [0.2, 0.25) is 0 Å². The van der Waals surface area contributed by atoms with Crippen LogP contribution in [0.25, 0.3) is 0 Å². The highest BCUT2D eigenvalue weighted by atomic mass is 16.5. The van der Waals surface area contributed by atoms with E-state index in [9.17, 15) is 4.79 Å². The first-order chi connectivity index (χ1) is 13.2. The zero-order valence-corrected chi connectivity index (χ0v) is 15.8. The number of ether oxygens (including phenoxy) is 1. The molecule has 0 bridgehead atoms. The van der Waals surface area contributed by atoms with Gasteiger partial charge in [0.25, 0.3) is 5.91 Å². The SMILES string of the molecule is CCC(Oc1ccccc1C)C(=O)NC(c1ccccc1)c1ccccc1. The van der Waals surface area contributed by atoms with E-state index in [-0.39, 0.29) is 11.9 Å². The van der Waals surface area contributed by atoms with Crippen LogP contribution in [-0.2, 0) is 4.79 Å². The fourth-order valence-corrected chi connectivity index (χ4v) is 3.05. The van der Waals surface area contributed by atoms with Crippen molar-refractivity contribution >= 4 is 5.91 Å². The molecule has 3 rings (SSSR count). The number of carbonyl (C=O) groups excluding carboxylic acids is 1. The summed E-state index contributed by atoms with van der Waals surface area (Å²) in [6.07, 6.45) is 0.0530. The number of amides is 1. The molecular formula is C24H25NO2. The van der Waals surface area contributed by atoms with E-state index in [0.717, 1.165) is 22.4 Å². The van der Waals surface area contributed by atoms with Crippen molar-refractivity contribution in [2.45, 2.75) is 32.4 Å². The van der Waals surface area contributed by atoms with Crippen LogP contribution < -0.4 is 10.1 Å². The molecule has 0 saturated heterocycles. The summed E-state index contributed by atoms with van der Waals surface area (Å²) in [6, 6.07) is 27.6. The molecule has 1 unspecified atom stereocenters. The molecule has 0 saturated carbocycles. The molecule has 1 N–H and O–H groups in total. The van der Waals surface area contributed by atoms with E-state index >= 15 is 0 Å². The lowest BCUT2D eigenvalue weighted by Gasteiger charge is -2.24. The second-order valence-electron chi connectivity index (χ2n) is 6.54. The van der Waals surface area contributed by atoms with Gasteiger partial charge in [-0.1, -0.05) is 85.8 Å². The van der Waals surface area contributed by atoms with Gasteiger partial charge in [0, 0.05) is 0 Å². The maximum absolute atomic E-state index is 13.0. The molecule has 0 aromatic heterocycles. The Kier molecular flexibility index (Phi) is 6.26. The van der Waals surface area contributed by atoms with E-state index < -0.39 is 6.10 Å². The van der Waals surface area contributed by atoms with E-state index in [0.29, 0.717) is 6.42 Å². The van der Waals surface area contributed by atoms with Crippen molar-refractivity contribution in [2.75, 3.05) is 0 Å². The second-order valence-corrected chi connectivity index (χ2v) is 6.54. The molecule has 0 aliphatic heterocycles. The van der Waals surface area contributed by atoms with Gasteiger partial charge in [-0.25, -0.2) is 0 Å². The predicted octanol–water partition coefficient (Wildman–Crippen LogP) is 5.06. The number of aryl methyl sites for hydroxylation is 1.